The number of aromatic carboxylic acids is 1. The standard InChI is InChI=1S/C15H19NO7.C15H19NO6/c1-10(17)6-4-3-5-7-23-14-9-12(16(20)21)11(15(18)19)8-13(14)22-2;1-11(18)6-4-3-5-7-22-15-9-13(16(19)20)12(10-17)8-14(15)21-2/h8-9H,3-7H2,1-2H3,(H,18,19);8-10H,3-7H2,1-2H3. The Balaban J connectivity index is 0.000000450. The number of carbonyl (C=O) groups is 4. The molecule has 246 valence electrons. The Labute approximate surface area is 259 Å². The van der Waals surface area contributed by atoms with Gasteiger partial charge in [0.1, 0.15) is 17.1 Å². The van der Waals surface area contributed by atoms with E-state index >= 15 is 0 Å². The van der Waals surface area contributed by atoms with E-state index < -0.39 is 27.1 Å². The quantitative estimate of drug-likeness (QED) is 0.0793. The maximum absolute atomic E-state index is 11.1. The average Bonchev–Trinajstić information content (AvgIpc) is 2.99. The van der Waals surface area contributed by atoms with Gasteiger partial charge in [-0.2, -0.15) is 0 Å². The molecule has 2 aromatic carbocycles. The van der Waals surface area contributed by atoms with Gasteiger partial charge in [0.15, 0.2) is 29.3 Å². The summed E-state index contributed by atoms with van der Waals surface area (Å²) in [4.78, 5) is 64.0. The van der Waals surface area contributed by atoms with Gasteiger partial charge in [0.25, 0.3) is 11.4 Å². The third-order valence-electron chi connectivity index (χ3n) is 6.21. The van der Waals surface area contributed by atoms with Crippen LogP contribution in [-0.2, 0) is 9.59 Å². The van der Waals surface area contributed by atoms with E-state index in [9.17, 15) is 39.4 Å². The van der Waals surface area contributed by atoms with Crippen LogP contribution < -0.4 is 18.9 Å². The number of hydrogen-bond donors (Lipinski definition) is 1. The second kappa shape index (κ2) is 20.0. The first kappa shape index (κ1) is 37.9. The summed E-state index contributed by atoms with van der Waals surface area (Å²) in [5, 5.41) is 30.9. The Hall–Kier alpha value is -5.08. The molecule has 2 aromatic rings. The van der Waals surface area contributed by atoms with Crippen LogP contribution in [0.2, 0.25) is 0 Å². The summed E-state index contributed by atoms with van der Waals surface area (Å²) in [5.74, 6) is -0.378. The Morgan fingerprint density at radius 3 is 1.53 bits per heavy atom. The summed E-state index contributed by atoms with van der Waals surface area (Å²) in [6.45, 7) is 3.73. The molecule has 15 heteroatoms. The summed E-state index contributed by atoms with van der Waals surface area (Å²) in [6, 6.07) is 4.61. The molecular weight excluding hydrogens is 596 g/mol. The number of carbonyl (C=O) groups excluding carboxylic acids is 3. The summed E-state index contributed by atoms with van der Waals surface area (Å²) in [7, 11) is 2.72. The van der Waals surface area contributed by atoms with Crippen LogP contribution >= 0.6 is 0 Å². The molecule has 0 aromatic heterocycles. The highest BCUT2D eigenvalue weighted by Gasteiger charge is 2.24. The van der Waals surface area contributed by atoms with Crippen LogP contribution in [0, 0.1) is 20.2 Å². The minimum atomic E-state index is -1.41. The van der Waals surface area contributed by atoms with Crippen molar-refractivity contribution in [3.8, 4) is 23.0 Å². The molecule has 2 rings (SSSR count). The highest BCUT2D eigenvalue weighted by molar-refractivity contribution is 5.93. The molecule has 0 fully saturated rings. The molecule has 0 aliphatic rings. The fourth-order valence-corrected chi connectivity index (χ4v) is 3.90. The monoisotopic (exact) mass is 634 g/mol. The number of carboxylic acid groups (broad SMARTS) is 1. The second-order valence-corrected chi connectivity index (χ2v) is 9.74. The molecule has 45 heavy (non-hydrogen) atoms. The lowest BCUT2D eigenvalue weighted by Crippen LogP contribution is -2.06. The Morgan fingerprint density at radius 2 is 1.16 bits per heavy atom. The van der Waals surface area contributed by atoms with E-state index in [0.717, 1.165) is 44.2 Å². The van der Waals surface area contributed by atoms with Gasteiger partial charge >= 0.3 is 5.97 Å². The first-order chi connectivity index (χ1) is 21.4. The number of carboxylic acids is 1. The second-order valence-electron chi connectivity index (χ2n) is 9.74. The molecule has 0 unspecified atom stereocenters. The van der Waals surface area contributed by atoms with E-state index in [4.69, 9.17) is 24.1 Å². The van der Waals surface area contributed by atoms with Crippen LogP contribution in [0.5, 0.6) is 23.0 Å². The molecule has 1 N–H and O–H groups in total. The third-order valence-corrected chi connectivity index (χ3v) is 6.21. The third kappa shape index (κ3) is 13.4. The van der Waals surface area contributed by atoms with Crippen molar-refractivity contribution in [1.29, 1.82) is 0 Å². The van der Waals surface area contributed by atoms with Gasteiger partial charge in [-0.3, -0.25) is 25.0 Å². The zero-order valence-electron chi connectivity index (χ0n) is 25.7. The van der Waals surface area contributed by atoms with Gasteiger partial charge in [0.05, 0.1) is 55.0 Å². The number of ketones is 2. The van der Waals surface area contributed by atoms with Gasteiger partial charge in [-0.1, -0.05) is 0 Å². The molecule has 0 aliphatic heterocycles. The number of nitrogens with zero attached hydrogens (tertiary/aromatic N) is 2. The van der Waals surface area contributed by atoms with Crippen molar-refractivity contribution in [3.05, 3.63) is 55.6 Å². The fraction of sp³-hybridized carbons (Fsp3) is 0.467. The number of Topliss-reactive ketones (excluding diaryl/α,β-unsaturated/α-hetero) is 2. The predicted molar refractivity (Wildman–Crippen MR) is 161 cm³/mol. The molecule has 0 heterocycles. The molecule has 0 amide bonds. The van der Waals surface area contributed by atoms with Gasteiger partial charge in [-0.05, 0) is 52.4 Å². The van der Waals surface area contributed by atoms with Crippen LogP contribution in [0.25, 0.3) is 0 Å². The van der Waals surface area contributed by atoms with Crippen molar-refractivity contribution in [3.63, 3.8) is 0 Å². The lowest BCUT2D eigenvalue weighted by Gasteiger charge is -2.11. The summed E-state index contributed by atoms with van der Waals surface area (Å²) < 4.78 is 21.1. The molecule has 15 nitrogen and oxygen atoms in total. The van der Waals surface area contributed by atoms with Crippen molar-refractivity contribution in [2.24, 2.45) is 0 Å². The van der Waals surface area contributed by atoms with Crippen molar-refractivity contribution < 1.29 is 53.1 Å². The molecule has 0 saturated carbocycles. The van der Waals surface area contributed by atoms with Crippen molar-refractivity contribution in [2.45, 2.75) is 65.2 Å². The Kier molecular flexibility index (Phi) is 16.9. The highest BCUT2D eigenvalue weighted by atomic mass is 16.6. The van der Waals surface area contributed by atoms with Gasteiger partial charge in [-0.25, -0.2) is 4.79 Å². The smallest absolute Gasteiger partial charge is 0.342 e. The molecule has 0 saturated heterocycles. The van der Waals surface area contributed by atoms with Gasteiger partial charge in [-0.15, -0.1) is 0 Å². The zero-order chi connectivity index (χ0) is 33.9. The molecule has 0 spiro atoms. The van der Waals surface area contributed by atoms with Gasteiger partial charge in [0, 0.05) is 25.0 Å². The van der Waals surface area contributed by atoms with Crippen molar-refractivity contribution in [2.75, 3.05) is 27.4 Å². The summed E-state index contributed by atoms with van der Waals surface area (Å²) in [6.07, 6.45) is 6.03. The Morgan fingerprint density at radius 1 is 0.711 bits per heavy atom. The highest BCUT2D eigenvalue weighted by Crippen LogP contribution is 2.35. The molecule has 0 atom stereocenters. The number of rotatable bonds is 20. The zero-order valence-corrected chi connectivity index (χ0v) is 25.7. The number of unbranched alkanes of at least 4 members (excludes halogenated alkanes) is 4. The van der Waals surface area contributed by atoms with E-state index in [-0.39, 0.29) is 52.4 Å². The Bertz CT molecular complexity index is 1360. The van der Waals surface area contributed by atoms with Crippen molar-refractivity contribution in [1.82, 2.24) is 0 Å². The number of hydrogen-bond acceptors (Lipinski definition) is 12. The van der Waals surface area contributed by atoms with E-state index in [2.05, 4.69) is 0 Å². The van der Waals surface area contributed by atoms with E-state index in [1.807, 2.05) is 0 Å². The minimum absolute atomic E-state index is 0.0596. The average molecular weight is 635 g/mol. The number of methoxy groups -OCH3 is 2. The van der Waals surface area contributed by atoms with Crippen LogP contribution in [0.4, 0.5) is 11.4 Å². The SMILES string of the molecule is COc1cc(C(=O)O)c([N+](=O)[O-])cc1OCCCCCC(C)=O.COc1cc(C=O)c([N+](=O)[O-])cc1OCCCCCC(C)=O. The van der Waals surface area contributed by atoms with Crippen LogP contribution in [-0.4, -0.2) is 66.2 Å². The number of nitro groups is 2. The molecular formula is C30H38N2O13. The lowest BCUT2D eigenvalue weighted by atomic mass is 10.1. The van der Waals surface area contributed by atoms with Crippen molar-refractivity contribution >= 4 is 35.2 Å². The van der Waals surface area contributed by atoms with E-state index in [1.54, 1.807) is 6.92 Å². The number of benzene rings is 2. The van der Waals surface area contributed by atoms with Gasteiger partial charge in [0.2, 0.25) is 0 Å². The first-order valence-corrected chi connectivity index (χ1v) is 14.0. The number of nitro benzene ring substituents is 2. The summed E-state index contributed by atoms with van der Waals surface area (Å²) >= 11 is 0. The molecule has 0 radical (unpaired) electrons. The topological polar surface area (TPSA) is 212 Å². The van der Waals surface area contributed by atoms with Gasteiger partial charge < -0.3 is 33.6 Å². The van der Waals surface area contributed by atoms with E-state index in [1.165, 1.54) is 33.3 Å². The molecule has 0 aliphatic carbocycles. The predicted octanol–water partition coefficient (Wildman–Crippen LogP) is 5.77. The maximum atomic E-state index is 11.1. The maximum Gasteiger partial charge on any atom is 0.342 e. The van der Waals surface area contributed by atoms with Crippen LogP contribution in [0.15, 0.2) is 24.3 Å². The fourth-order valence-electron chi connectivity index (χ4n) is 3.90. The molecule has 0 bridgehead atoms. The summed E-state index contributed by atoms with van der Waals surface area (Å²) in [5.41, 5.74) is -1.39. The first-order valence-electron chi connectivity index (χ1n) is 14.0. The van der Waals surface area contributed by atoms with Crippen LogP contribution in [0.3, 0.4) is 0 Å². The lowest BCUT2D eigenvalue weighted by molar-refractivity contribution is -0.385. The normalized spacial score (nSPS) is 10.1. The number of aldehydes is 1. The van der Waals surface area contributed by atoms with Crippen LogP contribution in [0.1, 0.15) is 85.9 Å². The largest absolute Gasteiger partial charge is 0.493 e. The minimum Gasteiger partial charge on any atom is -0.493 e. The number of ether oxygens (including phenoxy) is 4. The van der Waals surface area contributed by atoms with E-state index in [0.29, 0.717) is 32.2 Å².